The van der Waals surface area contributed by atoms with E-state index in [1.807, 2.05) is 30.3 Å². The standard InChI is InChI=1S/C28H30N2O7/c1-15(2)37-28(32)25-16(3)29-20-11-18(17-9-7-6-8-10-17)12-22(31)27(20)26(25)19-13-23(35-4)24(36-5)14-21(19)30(33)34/h6-10,13-15,18,26,29H,11-12H2,1-5H3/t18-,26+/m1/s1. The van der Waals surface area contributed by atoms with E-state index in [1.54, 1.807) is 20.8 Å². The molecule has 0 aromatic heterocycles. The first kappa shape index (κ1) is 25.9. The number of benzene rings is 2. The largest absolute Gasteiger partial charge is 0.493 e. The van der Waals surface area contributed by atoms with Crippen molar-refractivity contribution in [2.75, 3.05) is 14.2 Å². The number of hydrogen-bond donors (Lipinski definition) is 1. The third-order valence-electron chi connectivity index (χ3n) is 6.70. The number of nitro benzene ring substituents is 1. The van der Waals surface area contributed by atoms with Gasteiger partial charge in [0.2, 0.25) is 0 Å². The van der Waals surface area contributed by atoms with Crippen molar-refractivity contribution in [3.63, 3.8) is 0 Å². The van der Waals surface area contributed by atoms with E-state index in [4.69, 9.17) is 14.2 Å². The number of nitrogens with zero attached hydrogens (tertiary/aromatic N) is 1. The topological polar surface area (TPSA) is 117 Å². The fraction of sp³-hybridized carbons (Fsp3) is 0.357. The molecule has 0 spiro atoms. The first-order valence-corrected chi connectivity index (χ1v) is 12.1. The molecule has 0 amide bonds. The lowest BCUT2D eigenvalue weighted by Gasteiger charge is -2.36. The summed E-state index contributed by atoms with van der Waals surface area (Å²) in [6.07, 6.45) is 0.314. The van der Waals surface area contributed by atoms with E-state index < -0.39 is 22.9 Å². The number of rotatable bonds is 7. The Morgan fingerprint density at radius 1 is 1.08 bits per heavy atom. The molecule has 0 unspecified atom stereocenters. The summed E-state index contributed by atoms with van der Waals surface area (Å²) in [4.78, 5) is 38.8. The van der Waals surface area contributed by atoms with E-state index in [9.17, 15) is 19.7 Å². The number of nitrogens with one attached hydrogen (secondary N) is 1. The van der Waals surface area contributed by atoms with Gasteiger partial charge in [0, 0.05) is 29.0 Å². The number of carbonyl (C=O) groups excluding carboxylic acids is 2. The summed E-state index contributed by atoms with van der Waals surface area (Å²) < 4.78 is 16.2. The Bertz CT molecular complexity index is 1310. The number of ketones is 1. The molecule has 2 atom stereocenters. The second-order valence-corrected chi connectivity index (χ2v) is 9.41. The van der Waals surface area contributed by atoms with Crippen LogP contribution in [0.2, 0.25) is 0 Å². The average molecular weight is 507 g/mol. The van der Waals surface area contributed by atoms with Crippen LogP contribution in [0.3, 0.4) is 0 Å². The molecule has 0 saturated heterocycles. The van der Waals surface area contributed by atoms with Gasteiger partial charge in [-0.25, -0.2) is 4.79 Å². The number of hydrogen-bond acceptors (Lipinski definition) is 8. The number of allylic oxidation sites excluding steroid dienone is 3. The maximum absolute atomic E-state index is 13.8. The molecule has 2 aromatic carbocycles. The third-order valence-corrected chi connectivity index (χ3v) is 6.70. The third kappa shape index (κ3) is 4.94. The second-order valence-electron chi connectivity index (χ2n) is 9.41. The lowest BCUT2D eigenvalue weighted by atomic mass is 9.71. The Morgan fingerprint density at radius 3 is 2.32 bits per heavy atom. The molecule has 1 aliphatic carbocycles. The lowest BCUT2D eigenvalue weighted by molar-refractivity contribution is -0.385. The minimum Gasteiger partial charge on any atom is -0.493 e. The minimum absolute atomic E-state index is 0.0574. The molecule has 2 aliphatic rings. The highest BCUT2D eigenvalue weighted by Gasteiger charge is 2.44. The molecule has 1 aliphatic heterocycles. The molecule has 2 aromatic rings. The smallest absolute Gasteiger partial charge is 0.337 e. The number of nitro groups is 1. The van der Waals surface area contributed by atoms with Crippen molar-refractivity contribution in [3.05, 3.63) is 86.2 Å². The van der Waals surface area contributed by atoms with Crippen LogP contribution in [-0.2, 0) is 14.3 Å². The van der Waals surface area contributed by atoms with E-state index >= 15 is 0 Å². The zero-order chi connectivity index (χ0) is 26.9. The minimum atomic E-state index is -1.01. The van der Waals surface area contributed by atoms with E-state index in [0.717, 1.165) is 5.56 Å². The summed E-state index contributed by atoms with van der Waals surface area (Å²) in [7, 11) is 2.81. The fourth-order valence-corrected chi connectivity index (χ4v) is 5.13. The van der Waals surface area contributed by atoms with Crippen LogP contribution in [0.5, 0.6) is 11.5 Å². The monoisotopic (exact) mass is 506 g/mol. The van der Waals surface area contributed by atoms with Gasteiger partial charge in [0.15, 0.2) is 17.3 Å². The molecule has 1 N–H and O–H groups in total. The first-order valence-electron chi connectivity index (χ1n) is 12.1. The van der Waals surface area contributed by atoms with E-state index in [-0.39, 0.29) is 46.4 Å². The highest BCUT2D eigenvalue weighted by Crippen LogP contribution is 2.49. The molecule has 0 fully saturated rings. The van der Waals surface area contributed by atoms with Gasteiger partial charge in [0.05, 0.1) is 42.8 Å². The number of ether oxygens (including phenoxy) is 3. The number of Topliss-reactive ketones (excluding diaryl/α,β-unsaturated/α-hetero) is 1. The van der Waals surface area contributed by atoms with Gasteiger partial charge in [-0.3, -0.25) is 14.9 Å². The van der Waals surface area contributed by atoms with Crippen molar-refractivity contribution >= 4 is 17.4 Å². The van der Waals surface area contributed by atoms with Crippen LogP contribution in [0, 0.1) is 10.1 Å². The molecule has 9 heteroatoms. The van der Waals surface area contributed by atoms with Crippen molar-refractivity contribution < 1.29 is 28.7 Å². The number of methoxy groups -OCH3 is 2. The van der Waals surface area contributed by atoms with Crippen molar-refractivity contribution in [2.45, 2.75) is 51.6 Å². The summed E-state index contributed by atoms with van der Waals surface area (Å²) in [5.74, 6) is -1.46. The fourth-order valence-electron chi connectivity index (χ4n) is 5.13. The average Bonchev–Trinajstić information content (AvgIpc) is 2.86. The zero-order valence-corrected chi connectivity index (χ0v) is 21.5. The molecule has 0 radical (unpaired) electrons. The Balaban J connectivity index is 1.94. The summed E-state index contributed by atoms with van der Waals surface area (Å²) in [6, 6.07) is 12.5. The van der Waals surface area contributed by atoms with Crippen LogP contribution in [0.1, 0.15) is 56.6 Å². The van der Waals surface area contributed by atoms with E-state index in [2.05, 4.69) is 5.32 Å². The second kappa shape index (κ2) is 10.5. The van der Waals surface area contributed by atoms with Crippen LogP contribution < -0.4 is 14.8 Å². The van der Waals surface area contributed by atoms with E-state index in [1.165, 1.54) is 26.4 Å². The molecular weight excluding hydrogens is 476 g/mol. The predicted molar refractivity (Wildman–Crippen MR) is 136 cm³/mol. The summed E-state index contributed by atoms with van der Waals surface area (Å²) in [5, 5.41) is 15.5. The van der Waals surface area contributed by atoms with Gasteiger partial charge >= 0.3 is 5.97 Å². The Labute approximate surface area is 215 Å². The molecule has 0 bridgehead atoms. The van der Waals surface area contributed by atoms with Gasteiger partial charge in [-0.05, 0) is 44.7 Å². The van der Waals surface area contributed by atoms with Crippen LogP contribution in [-0.4, -0.2) is 37.0 Å². The highest BCUT2D eigenvalue weighted by molar-refractivity contribution is 6.04. The number of esters is 1. The Hall–Kier alpha value is -4.14. The summed E-state index contributed by atoms with van der Waals surface area (Å²) in [5.41, 5.74) is 2.55. The summed E-state index contributed by atoms with van der Waals surface area (Å²) in [6.45, 7) is 5.16. The molecule has 9 nitrogen and oxygen atoms in total. The predicted octanol–water partition coefficient (Wildman–Crippen LogP) is 4.93. The highest BCUT2D eigenvalue weighted by atomic mass is 16.6. The normalized spacial score (nSPS) is 19.4. The number of carbonyl (C=O) groups is 2. The van der Waals surface area contributed by atoms with Crippen LogP contribution >= 0.6 is 0 Å². The molecule has 4 rings (SSSR count). The maximum atomic E-state index is 13.8. The summed E-state index contributed by atoms with van der Waals surface area (Å²) >= 11 is 0. The lowest BCUT2D eigenvalue weighted by Crippen LogP contribution is -2.36. The molecular formula is C28H30N2O7. The molecule has 194 valence electrons. The first-order chi connectivity index (χ1) is 17.7. The van der Waals surface area contributed by atoms with Gasteiger partial charge in [0.25, 0.3) is 5.69 Å². The van der Waals surface area contributed by atoms with Gasteiger partial charge < -0.3 is 19.5 Å². The quantitative estimate of drug-likeness (QED) is 0.319. The van der Waals surface area contributed by atoms with E-state index in [0.29, 0.717) is 23.4 Å². The molecule has 0 saturated carbocycles. The zero-order valence-electron chi connectivity index (χ0n) is 21.5. The van der Waals surface area contributed by atoms with Crippen LogP contribution in [0.25, 0.3) is 0 Å². The maximum Gasteiger partial charge on any atom is 0.337 e. The van der Waals surface area contributed by atoms with Gasteiger partial charge in [-0.1, -0.05) is 30.3 Å². The van der Waals surface area contributed by atoms with Crippen molar-refractivity contribution in [2.24, 2.45) is 0 Å². The number of dihydropyridines is 1. The van der Waals surface area contributed by atoms with Crippen molar-refractivity contribution in [1.29, 1.82) is 0 Å². The molecule has 1 heterocycles. The van der Waals surface area contributed by atoms with Crippen LogP contribution in [0.4, 0.5) is 5.69 Å². The van der Waals surface area contributed by atoms with Crippen molar-refractivity contribution in [1.82, 2.24) is 5.32 Å². The Kier molecular flexibility index (Phi) is 7.33. The Morgan fingerprint density at radius 2 is 1.73 bits per heavy atom. The molecule has 37 heavy (non-hydrogen) atoms. The van der Waals surface area contributed by atoms with Gasteiger partial charge in [-0.2, -0.15) is 0 Å². The van der Waals surface area contributed by atoms with Crippen molar-refractivity contribution in [3.8, 4) is 11.5 Å². The van der Waals surface area contributed by atoms with Gasteiger partial charge in [0.1, 0.15) is 0 Å². The van der Waals surface area contributed by atoms with Crippen LogP contribution in [0.15, 0.2) is 65.0 Å². The SMILES string of the molecule is COc1cc([C@H]2C(C(=O)OC(C)C)=C(C)NC3=C2C(=O)C[C@H](c2ccccc2)C3)c([N+](=O)[O-])cc1OC. The van der Waals surface area contributed by atoms with Gasteiger partial charge in [-0.15, -0.1) is 0 Å².